The van der Waals surface area contributed by atoms with E-state index in [1.165, 1.54) is 4.57 Å². The topological polar surface area (TPSA) is 90.0 Å². The molecule has 3 aromatic rings. The zero-order valence-corrected chi connectivity index (χ0v) is 15.2. The lowest BCUT2D eigenvalue weighted by Crippen LogP contribution is -2.35. The van der Waals surface area contributed by atoms with Gasteiger partial charge in [0.1, 0.15) is 17.8 Å². The van der Waals surface area contributed by atoms with E-state index in [1.807, 2.05) is 44.2 Å². The van der Waals surface area contributed by atoms with Crippen molar-refractivity contribution in [3.8, 4) is 0 Å². The first-order chi connectivity index (χ1) is 12.5. The third kappa shape index (κ3) is 3.51. The van der Waals surface area contributed by atoms with Gasteiger partial charge in [0.05, 0.1) is 5.69 Å². The molecule has 1 aromatic carbocycles. The Morgan fingerprint density at radius 3 is 2.73 bits per heavy atom. The van der Waals surface area contributed by atoms with E-state index in [2.05, 4.69) is 15.5 Å². The normalized spacial score (nSPS) is 12.3. The van der Waals surface area contributed by atoms with Crippen LogP contribution in [0.4, 0.5) is 0 Å². The van der Waals surface area contributed by atoms with Crippen molar-refractivity contribution in [2.45, 2.75) is 39.7 Å². The second kappa shape index (κ2) is 7.51. The van der Waals surface area contributed by atoms with Crippen LogP contribution in [0.25, 0.3) is 11.1 Å². The maximum Gasteiger partial charge on any atom is 0.267 e. The van der Waals surface area contributed by atoms with Crippen LogP contribution < -0.4 is 10.9 Å². The first kappa shape index (κ1) is 17.8. The zero-order chi connectivity index (χ0) is 18.7. The summed E-state index contributed by atoms with van der Waals surface area (Å²) in [5.41, 5.74) is 1.64. The Hall–Kier alpha value is -2.96. The summed E-state index contributed by atoms with van der Waals surface area (Å²) in [6.45, 7) is 6.03. The van der Waals surface area contributed by atoms with Gasteiger partial charge in [0.25, 0.3) is 11.3 Å². The standard InChI is InChI=1S/C19H22N4O3/c1-4-15-17-18(26-22-15)21-13(3)23(19(17)25)11-16(24)20-10-12(2)14-8-6-5-7-9-14/h5-9,12H,4,10-11H2,1-3H3,(H,20,24). The number of aryl methyl sites for hydroxylation is 2. The molecule has 1 N–H and O–H groups in total. The van der Waals surface area contributed by atoms with Gasteiger partial charge in [0.2, 0.25) is 5.91 Å². The highest BCUT2D eigenvalue weighted by molar-refractivity contribution is 5.78. The van der Waals surface area contributed by atoms with Crippen LogP contribution in [-0.4, -0.2) is 27.2 Å². The molecule has 1 unspecified atom stereocenters. The van der Waals surface area contributed by atoms with Crippen LogP contribution in [0, 0.1) is 6.92 Å². The number of rotatable bonds is 6. The molecule has 136 valence electrons. The van der Waals surface area contributed by atoms with Crippen LogP contribution in [0.3, 0.4) is 0 Å². The number of carbonyl (C=O) groups is 1. The number of benzene rings is 1. The molecular formula is C19H22N4O3. The predicted molar refractivity (Wildman–Crippen MR) is 98.0 cm³/mol. The number of nitrogens with one attached hydrogen (secondary N) is 1. The first-order valence-corrected chi connectivity index (χ1v) is 8.68. The Labute approximate surface area is 151 Å². The molecule has 0 aliphatic rings. The van der Waals surface area contributed by atoms with Crippen LogP contribution in [0.2, 0.25) is 0 Å². The number of carbonyl (C=O) groups excluding carboxylic acids is 1. The van der Waals surface area contributed by atoms with Gasteiger partial charge in [0.15, 0.2) is 0 Å². The van der Waals surface area contributed by atoms with Gasteiger partial charge in [0, 0.05) is 6.54 Å². The van der Waals surface area contributed by atoms with Gasteiger partial charge in [-0.15, -0.1) is 0 Å². The minimum Gasteiger partial charge on any atom is -0.354 e. The average Bonchev–Trinajstić information content (AvgIpc) is 3.06. The molecular weight excluding hydrogens is 332 g/mol. The lowest BCUT2D eigenvalue weighted by atomic mass is 10.0. The molecule has 7 heteroatoms. The lowest BCUT2D eigenvalue weighted by molar-refractivity contribution is -0.121. The van der Waals surface area contributed by atoms with Crippen molar-refractivity contribution in [3.63, 3.8) is 0 Å². The molecule has 3 rings (SSSR count). The smallest absolute Gasteiger partial charge is 0.267 e. The highest BCUT2D eigenvalue weighted by atomic mass is 16.5. The third-order valence-corrected chi connectivity index (χ3v) is 4.47. The van der Waals surface area contributed by atoms with Gasteiger partial charge in [-0.1, -0.05) is 49.3 Å². The minimum atomic E-state index is -0.295. The summed E-state index contributed by atoms with van der Waals surface area (Å²) in [6.07, 6.45) is 0.563. The molecule has 1 atom stereocenters. The summed E-state index contributed by atoms with van der Waals surface area (Å²) in [5.74, 6) is 0.379. The van der Waals surface area contributed by atoms with Crippen molar-refractivity contribution >= 4 is 17.0 Å². The third-order valence-electron chi connectivity index (χ3n) is 4.47. The summed E-state index contributed by atoms with van der Waals surface area (Å²) in [5, 5.41) is 7.12. The summed E-state index contributed by atoms with van der Waals surface area (Å²) in [4.78, 5) is 29.3. The maximum atomic E-state index is 12.7. The molecule has 0 aliphatic carbocycles. The summed E-state index contributed by atoms with van der Waals surface area (Å²) in [7, 11) is 0. The quantitative estimate of drug-likeness (QED) is 0.733. The molecule has 0 spiro atoms. The van der Waals surface area contributed by atoms with Gasteiger partial charge in [-0.05, 0) is 24.8 Å². The molecule has 0 fully saturated rings. The molecule has 1 amide bonds. The molecule has 0 aliphatic heterocycles. The van der Waals surface area contributed by atoms with Crippen LogP contribution >= 0.6 is 0 Å². The lowest BCUT2D eigenvalue weighted by Gasteiger charge is -2.14. The number of fused-ring (bicyclic) bond motifs is 1. The van der Waals surface area contributed by atoms with E-state index >= 15 is 0 Å². The molecule has 0 radical (unpaired) electrons. The average molecular weight is 354 g/mol. The number of nitrogens with zero attached hydrogens (tertiary/aromatic N) is 3. The van der Waals surface area contributed by atoms with Crippen molar-refractivity contribution in [3.05, 3.63) is 57.8 Å². The van der Waals surface area contributed by atoms with E-state index in [0.717, 1.165) is 5.56 Å². The predicted octanol–water partition coefficient (Wildman–Crippen LogP) is 2.18. The summed E-state index contributed by atoms with van der Waals surface area (Å²) < 4.78 is 6.48. The van der Waals surface area contributed by atoms with Crippen molar-refractivity contribution < 1.29 is 9.32 Å². The first-order valence-electron chi connectivity index (χ1n) is 8.68. The molecule has 2 aromatic heterocycles. The molecule has 0 bridgehead atoms. The van der Waals surface area contributed by atoms with Gasteiger partial charge in [-0.3, -0.25) is 14.2 Å². The van der Waals surface area contributed by atoms with Gasteiger partial charge in [-0.25, -0.2) is 0 Å². The zero-order valence-electron chi connectivity index (χ0n) is 15.2. The van der Waals surface area contributed by atoms with Gasteiger partial charge in [-0.2, -0.15) is 4.98 Å². The van der Waals surface area contributed by atoms with Gasteiger partial charge >= 0.3 is 0 Å². The second-order valence-corrected chi connectivity index (χ2v) is 6.33. The maximum absolute atomic E-state index is 12.7. The Morgan fingerprint density at radius 2 is 2.04 bits per heavy atom. The number of hydrogen-bond acceptors (Lipinski definition) is 5. The molecule has 0 saturated carbocycles. The van der Waals surface area contributed by atoms with Crippen molar-refractivity contribution in [1.82, 2.24) is 20.0 Å². The molecule has 26 heavy (non-hydrogen) atoms. The van der Waals surface area contributed by atoms with Crippen molar-refractivity contribution in [2.24, 2.45) is 0 Å². The van der Waals surface area contributed by atoms with E-state index in [-0.39, 0.29) is 29.6 Å². The van der Waals surface area contributed by atoms with E-state index in [4.69, 9.17) is 4.52 Å². The number of amides is 1. The molecule has 0 saturated heterocycles. The largest absolute Gasteiger partial charge is 0.354 e. The molecule has 2 heterocycles. The Balaban J connectivity index is 1.74. The van der Waals surface area contributed by atoms with Crippen LogP contribution in [0.15, 0.2) is 39.6 Å². The second-order valence-electron chi connectivity index (χ2n) is 6.33. The monoisotopic (exact) mass is 354 g/mol. The van der Waals surface area contributed by atoms with Gasteiger partial charge < -0.3 is 9.84 Å². The van der Waals surface area contributed by atoms with Crippen LogP contribution in [0.5, 0.6) is 0 Å². The Morgan fingerprint density at radius 1 is 1.31 bits per heavy atom. The number of aromatic nitrogens is 3. The molecule has 7 nitrogen and oxygen atoms in total. The fourth-order valence-corrected chi connectivity index (χ4v) is 2.89. The van der Waals surface area contributed by atoms with Crippen LogP contribution in [-0.2, 0) is 17.8 Å². The van der Waals surface area contributed by atoms with E-state index in [1.54, 1.807) is 6.92 Å². The number of hydrogen-bond donors (Lipinski definition) is 1. The van der Waals surface area contributed by atoms with E-state index < -0.39 is 0 Å². The van der Waals surface area contributed by atoms with E-state index in [9.17, 15) is 9.59 Å². The fraction of sp³-hybridized carbons (Fsp3) is 0.368. The highest BCUT2D eigenvalue weighted by Crippen LogP contribution is 2.14. The minimum absolute atomic E-state index is 0.0799. The van der Waals surface area contributed by atoms with Crippen LogP contribution in [0.1, 0.15) is 36.8 Å². The van der Waals surface area contributed by atoms with Crippen molar-refractivity contribution in [2.75, 3.05) is 6.54 Å². The highest BCUT2D eigenvalue weighted by Gasteiger charge is 2.18. The summed E-state index contributed by atoms with van der Waals surface area (Å²) in [6, 6.07) is 9.97. The Kier molecular flexibility index (Phi) is 5.16. The fourth-order valence-electron chi connectivity index (χ4n) is 2.89. The Bertz CT molecular complexity index is 976. The van der Waals surface area contributed by atoms with E-state index in [0.29, 0.717) is 29.9 Å². The SMILES string of the molecule is CCc1noc2nc(C)n(CC(=O)NCC(C)c3ccccc3)c(=O)c12. The van der Waals surface area contributed by atoms with Crippen molar-refractivity contribution in [1.29, 1.82) is 0 Å². The summed E-state index contributed by atoms with van der Waals surface area (Å²) >= 11 is 0.